The van der Waals surface area contributed by atoms with Crippen LogP contribution in [0.2, 0.25) is 0 Å². The van der Waals surface area contributed by atoms with Gasteiger partial charge in [0.25, 0.3) is 11.5 Å². The molecule has 20 heavy (non-hydrogen) atoms. The molecule has 0 unspecified atom stereocenters. The number of pyridine rings is 2. The van der Waals surface area contributed by atoms with Crippen LogP contribution >= 0.6 is 0 Å². The van der Waals surface area contributed by atoms with E-state index in [0.717, 1.165) is 0 Å². The number of carbonyl (C=O) groups excluding carboxylic acids is 1. The van der Waals surface area contributed by atoms with E-state index in [2.05, 4.69) is 10.3 Å². The van der Waals surface area contributed by atoms with Crippen LogP contribution < -0.4 is 16.6 Å². The molecule has 0 saturated heterocycles. The number of nitrogens with one attached hydrogen (secondary N) is 1. The van der Waals surface area contributed by atoms with Gasteiger partial charge in [-0.2, -0.15) is 0 Å². The minimum absolute atomic E-state index is 0.104. The van der Waals surface area contributed by atoms with Crippen LogP contribution in [-0.2, 0) is 6.54 Å². The van der Waals surface area contributed by atoms with Crippen LogP contribution in [0, 0.1) is 6.92 Å². The highest BCUT2D eigenvalue weighted by atomic mass is 16.1. The lowest BCUT2D eigenvalue weighted by atomic mass is 10.2. The lowest BCUT2D eigenvalue weighted by Gasteiger charge is -2.09. The van der Waals surface area contributed by atoms with Crippen molar-refractivity contribution in [3.63, 3.8) is 0 Å². The van der Waals surface area contributed by atoms with Gasteiger partial charge in [-0.05, 0) is 26.0 Å². The maximum atomic E-state index is 12.2. The Morgan fingerprint density at radius 3 is 2.90 bits per heavy atom. The first-order chi connectivity index (χ1) is 9.51. The summed E-state index contributed by atoms with van der Waals surface area (Å²) in [6.07, 6.45) is 3.11. The van der Waals surface area contributed by atoms with Crippen LogP contribution in [0.15, 0.2) is 35.4 Å². The Balaban J connectivity index is 2.28. The molecule has 3 N–H and O–H groups in total. The average Bonchev–Trinajstić information content (AvgIpc) is 2.43. The molecule has 1 amide bonds. The van der Waals surface area contributed by atoms with Gasteiger partial charge in [-0.1, -0.05) is 0 Å². The topological polar surface area (TPSA) is 90.0 Å². The first-order valence-corrected chi connectivity index (χ1v) is 6.25. The van der Waals surface area contributed by atoms with Crippen molar-refractivity contribution in [3.8, 4) is 0 Å². The zero-order chi connectivity index (χ0) is 14.7. The molecule has 2 heterocycles. The summed E-state index contributed by atoms with van der Waals surface area (Å²) < 4.78 is 1.51. The molecule has 0 bridgehead atoms. The molecule has 104 valence electrons. The molecule has 0 saturated carbocycles. The normalized spacial score (nSPS) is 10.3. The summed E-state index contributed by atoms with van der Waals surface area (Å²) in [6, 6.07) is 4.57. The summed E-state index contributed by atoms with van der Waals surface area (Å²) in [5.74, 6) is -0.302. The summed E-state index contributed by atoms with van der Waals surface area (Å²) in [6.45, 7) is 4.14. The third-order valence-electron chi connectivity index (χ3n) is 2.93. The monoisotopic (exact) mass is 272 g/mol. The number of hydrogen-bond acceptors (Lipinski definition) is 4. The Morgan fingerprint density at radius 2 is 2.20 bits per heavy atom. The van der Waals surface area contributed by atoms with Crippen LogP contribution in [0.4, 0.5) is 11.4 Å². The maximum absolute atomic E-state index is 12.2. The average molecular weight is 272 g/mol. The number of aryl methyl sites for hydroxylation is 2. The molecule has 0 aliphatic rings. The molecule has 0 aliphatic carbocycles. The minimum Gasteiger partial charge on any atom is -0.397 e. The van der Waals surface area contributed by atoms with Gasteiger partial charge in [-0.15, -0.1) is 0 Å². The largest absolute Gasteiger partial charge is 0.397 e. The van der Waals surface area contributed by atoms with Crippen molar-refractivity contribution >= 4 is 17.3 Å². The van der Waals surface area contributed by atoms with Crippen molar-refractivity contribution in [3.05, 3.63) is 52.2 Å². The summed E-state index contributed by atoms with van der Waals surface area (Å²) in [7, 11) is 0. The van der Waals surface area contributed by atoms with Gasteiger partial charge in [0.05, 0.1) is 28.8 Å². The highest BCUT2D eigenvalue weighted by Gasteiger charge is 2.11. The van der Waals surface area contributed by atoms with Gasteiger partial charge in [0, 0.05) is 18.8 Å². The van der Waals surface area contributed by atoms with E-state index in [9.17, 15) is 9.59 Å². The fourth-order valence-electron chi connectivity index (χ4n) is 1.83. The van der Waals surface area contributed by atoms with E-state index in [1.807, 2.05) is 6.92 Å². The molecular formula is C14H16N4O2. The van der Waals surface area contributed by atoms with Crippen molar-refractivity contribution in [2.75, 3.05) is 11.1 Å². The van der Waals surface area contributed by atoms with Crippen LogP contribution in [0.3, 0.4) is 0 Å². The van der Waals surface area contributed by atoms with Gasteiger partial charge in [0.15, 0.2) is 0 Å². The predicted molar refractivity (Wildman–Crippen MR) is 77.7 cm³/mol. The van der Waals surface area contributed by atoms with Gasteiger partial charge in [-0.25, -0.2) is 0 Å². The van der Waals surface area contributed by atoms with Gasteiger partial charge in [0.1, 0.15) is 0 Å². The first kappa shape index (κ1) is 13.8. The Kier molecular flexibility index (Phi) is 3.84. The quantitative estimate of drug-likeness (QED) is 0.883. The van der Waals surface area contributed by atoms with E-state index >= 15 is 0 Å². The number of nitrogens with two attached hydrogens (primary N) is 1. The van der Waals surface area contributed by atoms with Gasteiger partial charge >= 0.3 is 0 Å². The Bertz CT molecular complexity index is 707. The van der Waals surface area contributed by atoms with Crippen molar-refractivity contribution in [2.24, 2.45) is 0 Å². The lowest BCUT2D eigenvalue weighted by molar-refractivity contribution is 0.102. The number of anilines is 2. The molecule has 0 fully saturated rings. The molecule has 2 aromatic heterocycles. The SMILES string of the molecule is CCn1cc(NC(=O)c2cc(N)cnc2C)ccc1=O. The molecule has 0 aromatic carbocycles. The number of rotatable bonds is 3. The van der Waals surface area contributed by atoms with Crippen LogP contribution in [0.5, 0.6) is 0 Å². The molecule has 0 atom stereocenters. The van der Waals surface area contributed by atoms with Crippen LogP contribution in [-0.4, -0.2) is 15.5 Å². The van der Waals surface area contributed by atoms with E-state index in [1.54, 1.807) is 25.3 Å². The molecule has 0 radical (unpaired) electrons. The van der Waals surface area contributed by atoms with E-state index in [0.29, 0.717) is 29.2 Å². The summed E-state index contributed by atoms with van der Waals surface area (Å²) in [4.78, 5) is 27.7. The van der Waals surface area contributed by atoms with Crippen molar-refractivity contribution in [1.29, 1.82) is 0 Å². The molecule has 0 aliphatic heterocycles. The van der Waals surface area contributed by atoms with E-state index in [1.165, 1.54) is 16.8 Å². The zero-order valence-electron chi connectivity index (χ0n) is 11.4. The number of nitrogen functional groups attached to an aromatic ring is 1. The van der Waals surface area contributed by atoms with Gasteiger partial charge in [0.2, 0.25) is 0 Å². The second-order valence-electron chi connectivity index (χ2n) is 4.40. The summed E-state index contributed by atoms with van der Waals surface area (Å²) in [5.41, 5.74) is 7.53. The molecule has 6 heteroatoms. The summed E-state index contributed by atoms with van der Waals surface area (Å²) in [5, 5.41) is 2.73. The van der Waals surface area contributed by atoms with Gasteiger partial charge < -0.3 is 15.6 Å². The minimum atomic E-state index is -0.302. The Morgan fingerprint density at radius 1 is 1.45 bits per heavy atom. The number of hydrogen-bond donors (Lipinski definition) is 2. The molecule has 2 aromatic rings. The third kappa shape index (κ3) is 2.85. The predicted octanol–water partition coefficient (Wildman–Crippen LogP) is 1.41. The Labute approximate surface area is 116 Å². The zero-order valence-corrected chi connectivity index (χ0v) is 11.4. The second-order valence-corrected chi connectivity index (χ2v) is 4.40. The second kappa shape index (κ2) is 5.56. The fourth-order valence-corrected chi connectivity index (χ4v) is 1.83. The highest BCUT2D eigenvalue weighted by molar-refractivity contribution is 6.05. The van der Waals surface area contributed by atoms with E-state index in [4.69, 9.17) is 5.73 Å². The van der Waals surface area contributed by atoms with Crippen molar-refractivity contribution in [2.45, 2.75) is 20.4 Å². The van der Waals surface area contributed by atoms with Crippen LogP contribution in [0.25, 0.3) is 0 Å². The molecule has 0 spiro atoms. The molecule has 6 nitrogen and oxygen atoms in total. The van der Waals surface area contributed by atoms with Crippen molar-refractivity contribution < 1.29 is 4.79 Å². The number of amides is 1. The number of nitrogens with zero attached hydrogens (tertiary/aromatic N) is 2. The van der Waals surface area contributed by atoms with Crippen LogP contribution in [0.1, 0.15) is 23.0 Å². The van der Waals surface area contributed by atoms with E-state index < -0.39 is 0 Å². The van der Waals surface area contributed by atoms with E-state index in [-0.39, 0.29) is 11.5 Å². The molecule has 2 rings (SSSR count). The van der Waals surface area contributed by atoms with Gasteiger partial charge in [-0.3, -0.25) is 14.6 Å². The Hall–Kier alpha value is -2.63. The lowest BCUT2D eigenvalue weighted by Crippen LogP contribution is -2.20. The smallest absolute Gasteiger partial charge is 0.257 e. The fraction of sp³-hybridized carbons (Fsp3) is 0.214. The first-order valence-electron chi connectivity index (χ1n) is 6.25. The maximum Gasteiger partial charge on any atom is 0.257 e. The highest BCUT2D eigenvalue weighted by Crippen LogP contribution is 2.12. The molecular weight excluding hydrogens is 256 g/mol. The van der Waals surface area contributed by atoms with Crippen molar-refractivity contribution in [1.82, 2.24) is 9.55 Å². The number of carbonyl (C=O) groups is 1. The standard InChI is InChI=1S/C14H16N4O2/c1-3-18-8-11(4-5-13(18)19)17-14(20)12-6-10(15)7-16-9(12)2/h4-8H,3,15H2,1-2H3,(H,17,20). The number of aromatic nitrogens is 2. The third-order valence-corrected chi connectivity index (χ3v) is 2.93. The summed E-state index contributed by atoms with van der Waals surface area (Å²) >= 11 is 0.